The number of anilines is 1. The molecule has 5 heteroatoms. The Kier molecular flexibility index (Phi) is 6.55. The molecule has 1 aromatic carbocycles. The Bertz CT molecular complexity index is 629. The molecule has 130 valence electrons. The Morgan fingerprint density at radius 3 is 2.58 bits per heavy atom. The van der Waals surface area contributed by atoms with Gasteiger partial charge in [0.05, 0.1) is 6.33 Å². The fraction of sp³-hybridized carbons (Fsp3) is 0.474. The Balaban J connectivity index is 2.06. The molecule has 1 unspecified atom stereocenters. The smallest absolute Gasteiger partial charge is 0.228 e. The molecule has 0 fully saturated rings. The zero-order valence-corrected chi connectivity index (χ0v) is 14.9. The number of imidazole rings is 1. The normalized spacial score (nSPS) is 12.2. The van der Waals surface area contributed by atoms with Crippen LogP contribution in [0.4, 0.5) is 5.69 Å². The van der Waals surface area contributed by atoms with Crippen LogP contribution in [-0.2, 0) is 11.3 Å². The van der Waals surface area contributed by atoms with E-state index in [1.807, 2.05) is 30.4 Å². The minimum Gasteiger partial charge on any atom is -0.337 e. The van der Waals surface area contributed by atoms with Crippen LogP contribution >= 0.6 is 0 Å². The molecule has 0 saturated heterocycles. The number of unbranched alkanes of at least 4 members (excludes halogenated alkanes) is 1. The number of carbonyl (C=O) groups excluding carboxylic acids is 1. The van der Waals surface area contributed by atoms with Gasteiger partial charge in [-0.25, -0.2) is 4.98 Å². The van der Waals surface area contributed by atoms with Crippen molar-refractivity contribution < 1.29 is 4.79 Å². The highest BCUT2D eigenvalue weighted by Crippen LogP contribution is 2.26. The van der Waals surface area contributed by atoms with Gasteiger partial charge in [0.1, 0.15) is 0 Å². The summed E-state index contributed by atoms with van der Waals surface area (Å²) in [6.07, 6.45) is 7.89. The Labute approximate surface area is 144 Å². The number of aromatic nitrogens is 2. The summed E-state index contributed by atoms with van der Waals surface area (Å²) in [5, 5.41) is 0. The van der Waals surface area contributed by atoms with Gasteiger partial charge >= 0.3 is 0 Å². The zero-order valence-electron chi connectivity index (χ0n) is 14.9. The second-order valence-electron chi connectivity index (χ2n) is 6.47. The van der Waals surface area contributed by atoms with Gasteiger partial charge < -0.3 is 15.2 Å². The van der Waals surface area contributed by atoms with Crippen molar-refractivity contribution in [3.8, 4) is 0 Å². The van der Waals surface area contributed by atoms with Crippen LogP contribution in [0.3, 0.4) is 0 Å². The maximum atomic E-state index is 12.7. The van der Waals surface area contributed by atoms with Gasteiger partial charge in [0.2, 0.25) is 5.91 Å². The first-order chi connectivity index (χ1) is 11.5. The van der Waals surface area contributed by atoms with Crippen LogP contribution in [-0.4, -0.2) is 28.0 Å². The van der Waals surface area contributed by atoms with Crippen molar-refractivity contribution in [1.29, 1.82) is 0 Å². The summed E-state index contributed by atoms with van der Waals surface area (Å²) in [7, 11) is 0. The van der Waals surface area contributed by atoms with E-state index in [4.69, 9.17) is 5.73 Å². The van der Waals surface area contributed by atoms with Crippen molar-refractivity contribution in [3.05, 3.63) is 48.0 Å². The van der Waals surface area contributed by atoms with Crippen LogP contribution in [0.5, 0.6) is 0 Å². The van der Waals surface area contributed by atoms with Crippen molar-refractivity contribution in [2.24, 2.45) is 5.73 Å². The minimum absolute atomic E-state index is 0.102. The van der Waals surface area contributed by atoms with Gasteiger partial charge in [0.15, 0.2) is 0 Å². The van der Waals surface area contributed by atoms with Crippen molar-refractivity contribution in [2.75, 3.05) is 11.4 Å². The van der Waals surface area contributed by atoms with Crippen molar-refractivity contribution in [2.45, 2.75) is 52.6 Å². The Morgan fingerprint density at radius 1 is 1.29 bits per heavy atom. The van der Waals surface area contributed by atoms with E-state index in [-0.39, 0.29) is 11.9 Å². The van der Waals surface area contributed by atoms with E-state index in [1.54, 1.807) is 6.20 Å². The van der Waals surface area contributed by atoms with Crippen LogP contribution in [0.15, 0.2) is 36.9 Å². The third-order valence-electron chi connectivity index (χ3n) is 4.11. The SMILES string of the molecule is Cc1cccc(C)c1N(CCCCn1ccnc1)C(=O)CC(C)N. The van der Waals surface area contributed by atoms with Gasteiger partial charge in [0.25, 0.3) is 0 Å². The largest absolute Gasteiger partial charge is 0.337 e. The van der Waals surface area contributed by atoms with Crippen molar-refractivity contribution in [3.63, 3.8) is 0 Å². The second kappa shape index (κ2) is 8.64. The summed E-state index contributed by atoms with van der Waals surface area (Å²) in [6, 6.07) is 6.01. The number of nitrogens with two attached hydrogens (primary N) is 1. The quantitative estimate of drug-likeness (QED) is 0.758. The number of rotatable bonds is 8. The lowest BCUT2D eigenvalue weighted by atomic mass is 10.1. The molecule has 2 aromatic rings. The topological polar surface area (TPSA) is 64.2 Å². The summed E-state index contributed by atoms with van der Waals surface area (Å²) in [5.74, 6) is 0.102. The van der Waals surface area contributed by atoms with Crippen LogP contribution in [0.25, 0.3) is 0 Å². The predicted octanol–water partition coefficient (Wildman–Crippen LogP) is 3.05. The molecule has 1 amide bonds. The standard InChI is InChI=1S/C19H28N4O/c1-15-7-6-8-16(2)19(15)23(18(24)13-17(3)20)11-5-4-10-22-12-9-21-14-22/h6-9,12,14,17H,4-5,10-11,13,20H2,1-3H3. The summed E-state index contributed by atoms with van der Waals surface area (Å²) < 4.78 is 2.06. The molecule has 0 radical (unpaired) electrons. The fourth-order valence-corrected chi connectivity index (χ4v) is 2.96. The Hall–Kier alpha value is -2.14. The summed E-state index contributed by atoms with van der Waals surface area (Å²) in [6.45, 7) is 7.62. The molecule has 1 heterocycles. The van der Waals surface area contributed by atoms with Crippen LogP contribution in [0, 0.1) is 13.8 Å². The third kappa shape index (κ3) is 4.93. The molecule has 0 aliphatic carbocycles. The van der Waals surface area contributed by atoms with E-state index in [2.05, 4.69) is 35.5 Å². The van der Waals surface area contributed by atoms with Crippen molar-refractivity contribution >= 4 is 11.6 Å². The zero-order chi connectivity index (χ0) is 17.5. The van der Waals surface area contributed by atoms with Crippen molar-refractivity contribution in [1.82, 2.24) is 9.55 Å². The molecular formula is C19H28N4O. The average Bonchev–Trinajstić information content (AvgIpc) is 3.01. The molecule has 5 nitrogen and oxygen atoms in total. The lowest BCUT2D eigenvalue weighted by Crippen LogP contribution is -2.36. The van der Waals surface area contributed by atoms with Gasteiger partial charge in [-0.05, 0) is 44.7 Å². The summed E-state index contributed by atoms with van der Waals surface area (Å²) in [5.41, 5.74) is 9.13. The molecule has 1 atom stereocenters. The predicted molar refractivity (Wildman–Crippen MR) is 98.0 cm³/mol. The molecule has 0 spiro atoms. The van der Waals surface area contributed by atoms with E-state index < -0.39 is 0 Å². The van der Waals surface area contributed by atoms with Crippen LogP contribution in [0.1, 0.15) is 37.3 Å². The number of nitrogens with zero attached hydrogens (tertiary/aromatic N) is 3. The van der Waals surface area contributed by atoms with Gasteiger partial charge in [-0.1, -0.05) is 18.2 Å². The van der Waals surface area contributed by atoms with Gasteiger partial charge in [0, 0.05) is 43.6 Å². The summed E-state index contributed by atoms with van der Waals surface area (Å²) >= 11 is 0. The maximum absolute atomic E-state index is 12.7. The number of aryl methyl sites for hydroxylation is 3. The first-order valence-electron chi connectivity index (χ1n) is 8.57. The molecule has 0 aliphatic heterocycles. The highest BCUT2D eigenvalue weighted by molar-refractivity contribution is 5.95. The highest BCUT2D eigenvalue weighted by atomic mass is 16.2. The second-order valence-corrected chi connectivity index (χ2v) is 6.47. The lowest BCUT2D eigenvalue weighted by Gasteiger charge is -2.27. The first kappa shape index (κ1) is 18.2. The number of hydrogen-bond acceptors (Lipinski definition) is 3. The molecule has 0 saturated carbocycles. The highest BCUT2D eigenvalue weighted by Gasteiger charge is 2.19. The lowest BCUT2D eigenvalue weighted by molar-refractivity contribution is -0.118. The molecule has 1 aromatic heterocycles. The third-order valence-corrected chi connectivity index (χ3v) is 4.11. The Morgan fingerprint density at radius 2 is 2.00 bits per heavy atom. The first-order valence-corrected chi connectivity index (χ1v) is 8.57. The van der Waals surface area contributed by atoms with E-state index in [9.17, 15) is 4.79 Å². The average molecular weight is 328 g/mol. The number of carbonyl (C=O) groups is 1. The van der Waals surface area contributed by atoms with E-state index in [0.717, 1.165) is 36.2 Å². The van der Waals surface area contributed by atoms with Gasteiger partial charge in [-0.2, -0.15) is 0 Å². The van der Waals surface area contributed by atoms with Crippen LogP contribution < -0.4 is 10.6 Å². The van der Waals surface area contributed by atoms with Gasteiger partial charge in [-0.15, -0.1) is 0 Å². The monoisotopic (exact) mass is 328 g/mol. The number of hydrogen-bond donors (Lipinski definition) is 1. The molecule has 0 aliphatic rings. The molecule has 24 heavy (non-hydrogen) atoms. The number of benzene rings is 1. The summed E-state index contributed by atoms with van der Waals surface area (Å²) in [4.78, 5) is 18.7. The van der Waals surface area contributed by atoms with E-state index in [0.29, 0.717) is 13.0 Å². The molecule has 0 bridgehead atoms. The minimum atomic E-state index is -0.129. The molecule has 2 rings (SSSR count). The van der Waals surface area contributed by atoms with E-state index in [1.165, 1.54) is 0 Å². The molecule has 2 N–H and O–H groups in total. The fourth-order valence-electron chi connectivity index (χ4n) is 2.96. The number of para-hydroxylation sites is 1. The van der Waals surface area contributed by atoms with Gasteiger partial charge in [-0.3, -0.25) is 4.79 Å². The van der Waals surface area contributed by atoms with Crippen LogP contribution in [0.2, 0.25) is 0 Å². The maximum Gasteiger partial charge on any atom is 0.228 e. The van der Waals surface area contributed by atoms with E-state index >= 15 is 0 Å². The molecular weight excluding hydrogens is 300 g/mol. The number of amides is 1.